The lowest BCUT2D eigenvalue weighted by Crippen LogP contribution is -2.44. The summed E-state index contributed by atoms with van der Waals surface area (Å²) < 4.78 is 50.7. The van der Waals surface area contributed by atoms with E-state index in [1.54, 1.807) is 7.11 Å². The van der Waals surface area contributed by atoms with Gasteiger partial charge in [0, 0.05) is 18.2 Å². The maximum Gasteiger partial charge on any atom is 0.488 e. The second kappa shape index (κ2) is 11.3. The topological polar surface area (TPSA) is 115 Å². The minimum absolute atomic E-state index is 0.171. The Kier molecular flexibility index (Phi) is 8.41. The van der Waals surface area contributed by atoms with Crippen LogP contribution in [-0.2, 0) is 22.5 Å². The highest BCUT2D eigenvalue weighted by molar-refractivity contribution is 7.81. The molecule has 1 aromatic heterocycles. The van der Waals surface area contributed by atoms with Crippen LogP contribution in [0.4, 0.5) is 27.0 Å². The van der Waals surface area contributed by atoms with Crippen LogP contribution in [0.25, 0.3) is 0 Å². The van der Waals surface area contributed by atoms with Crippen molar-refractivity contribution in [1.29, 1.82) is 0 Å². The van der Waals surface area contributed by atoms with Crippen LogP contribution in [0.5, 0.6) is 17.2 Å². The number of halogens is 2. The van der Waals surface area contributed by atoms with Crippen LogP contribution in [-0.4, -0.2) is 57.3 Å². The normalized spacial score (nSPS) is 15.0. The van der Waals surface area contributed by atoms with E-state index in [-0.39, 0.29) is 33.8 Å². The van der Waals surface area contributed by atoms with Gasteiger partial charge >= 0.3 is 10.5 Å². The lowest BCUT2D eigenvalue weighted by atomic mass is 9.83. The number of nitrogens with one attached hydrogen (secondary N) is 2. The van der Waals surface area contributed by atoms with E-state index in [2.05, 4.69) is 56.6 Å². The van der Waals surface area contributed by atoms with Crippen LogP contribution in [0.2, 0.25) is 5.02 Å². The summed E-state index contributed by atoms with van der Waals surface area (Å²) in [6.45, 7) is 9.01. The second-order valence-corrected chi connectivity index (χ2v) is 12.8. The van der Waals surface area contributed by atoms with E-state index in [1.807, 2.05) is 19.4 Å². The van der Waals surface area contributed by atoms with Crippen LogP contribution in [0.1, 0.15) is 25.0 Å². The van der Waals surface area contributed by atoms with Gasteiger partial charge in [-0.05, 0) is 76.0 Å². The van der Waals surface area contributed by atoms with E-state index in [4.69, 9.17) is 20.9 Å². The van der Waals surface area contributed by atoms with Crippen molar-refractivity contribution in [2.75, 3.05) is 44.7 Å². The van der Waals surface area contributed by atoms with E-state index in [1.165, 1.54) is 35.5 Å². The molecule has 2 aromatic carbocycles. The van der Waals surface area contributed by atoms with E-state index < -0.39 is 18.7 Å². The molecule has 0 amide bonds. The molecule has 210 valence electrons. The first-order valence-corrected chi connectivity index (χ1v) is 15.7. The van der Waals surface area contributed by atoms with Crippen molar-refractivity contribution in [3.8, 4) is 17.2 Å². The van der Waals surface area contributed by atoms with Crippen molar-refractivity contribution < 1.29 is 25.7 Å². The molecule has 1 aliphatic heterocycles. The van der Waals surface area contributed by atoms with Crippen LogP contribution in [0, 0.1) is 0 Å². The summed E-state index contributed by atoms with van der Waals surface area (Å²) in [6.07, 6.45) is 2.36. The zero-order valence-corrected chi connectivity index (χ0v) is 24.8. The quantitative estimate of drug-likeness (QED) is 0.225. The first kappa shape index (κ1) is 29.1. The first-order valence-electron chi connectivity index (χ1n) is 11.9. The third kappa shape index (κ3) is 6.81. The number of ether oxygens (including phenoxy) is 1. The van der Waals surface area contributed by atoms with Gasteiger partial charge in [0.1, 0.15) is 22.3 Å². The second-order valence-electron chi connectivity index (χ2n) is 9.62. The largest absolute Gasteiger partial charge is 0.495 e. The fraction of sp³-hybridized carbons (Fsp3) is 0.360. The van der Waals surface area contributed by atoms with Crippen molar-refractivity contribution in [3.63, 3.8) is 0 Å². The molecule has 4 rings (SSSR count). The number of fused-ring (bicyclic) bond motifs is 1. The van der Waals surface area contributed by atoms with Crippen LogP contribution in [0.3, 0.4) is 0 Å². The number of aromatic nitrogens is 2. The predicted octanol–water partition coefficient (Wildman–Crippen LogP) is 5.98. The van der Waals surface area contributed by atoms with Crippen LogP contribution >= 0.6 is 19.7 Å². The lowest BCUT2D eigenvalue weighted by molar-refractivity contribution is 0.143. The average Bonchev–Trinajstić information content (AvgIpc) is 2.84. The summed E-state index contributed by atoms with van der Waals surface area (Å²) in [5, 5.41) is 6.56. The molecule has 0 aliphatic carbocycles. The number of nitrogens with zero attached hydrogens (tertiary/aromatic N) is 3. The summed E-state index contributed by atoms with van der Waals surface area (Å²) in [6, 6.07) is 8.13. The van der Waals surface area contributed by atoms with Gasteiger partial charge in [-0.1, -0.05) is 15.5 Å². The lowest BCUT2D eigenvalue weighted by Gasteiger charge is -2.42. The fourth-order valence-electron chi connectivity index (χ4n) is 4.25. The summed E-state index contributed by atoms with van der Waals surface area (Å²) in [7, 11) is -2.39. The Morgan fingerprint density at radius 2 is 1.87 bits per heavy atom. The number of benzene rings is 2. The number of rotatable bonds is 9. The van der Waals surface area contributed by atoms with Crippen molar-refractivity contribution in [1.82, 2.24) is 14.9 Å². The first-order chi connectivity index (χ1) is 18.3. The average molecular weight is 598 g/mol. The third-order valence-corrected chi connectivity index (χ3v) is 7.66. The van der Waals surface area contributed by atoms with Crippen molar-refractivity contribution in [2.24, 2.45) is 0 Å². The maximum atomic E-state index is 13.0. The highest BCUT2D eigenvalue weighted by Crippen LogP contribution is 2.42. The molecule has 2 N–H and O–H groups in total. The Morgan fingerprint density at radius 3 is 2.54 bits per heavy atom. The van der Waals surface area contributed by atoms with Crippen molar-refractivity contribution >= 4 is 53.4 Å². The van der Waals surface area contributed by atoms with E-state index in [9.17, 15) is 12.3 Å². The molecular formula is C25H30ClFN5O5PS. The van der Waals surface area contributed by atoms with Crippen LogP contribution < -0.4 is 24.1 Å². The van der Waals surface area contributed by atoms with Gasteiger partial charge in [0.05, 0.1) is 32.8 Å². The molecule has 0 unspecified atom stereocenters. The van der Waals surface area contributed by atoms with Gasteiger partial charge in [0.15, 0.2) is 5.82 Å². The van der Waals surface area contributed by atoms with E-state index in [0.717, 1.165) is 13.0 Å². The molecule has 0 spiro atoms. The highest BCUT2D eigenvalue weighted by atomic mass is 35.5. The van der Waals surface area contributed by atoms with Gasteiger partial charge in [-0.2, -0.15) is 13.4 Å². The van der Waals surface area contributed by atoms with Gasteiger partial charge in [-0.25, -0.2) is 4.98 Å². The number of hydrogen-bond acceptors (Lipinski definition) is 10. The Hall–Kier alpha value is -2.92. The van der Waals surface area contributed by atoms with Gasteiger partial charge in [0.25, 0.3) is 0 Å². The SMILES string of the molecule is COc1cc2c(cc1Nc1ncc(Cl)c(Nc3ccc(OS(=O)(=O)F)cc3OP(C)C)n1)C(C)(C)N(C)CC2. The Bertz CT molecular complexity index is 1490. The Labute approximate surface area is 234 Å². The Balaban J connectivity index is 1.66. The zero-order chi connectivity index (χ0) is 28.5. The smallest absolute Gasteiger partial charge is 0.488 e. The fourth-order valence-corrected chi connectivity index (χ4v) is 5.26. The van der Waals surface area contributed by atoms with Gasteiger partial charge in [-0.3, -0.25) is 4.90 Å². The number of methoxy groups -OCH3 is 1. The number of hydrogen-bond donors (Lipinski definition) is 2. The summed E-state index contributed by atoms with van der Waals surface area (Å²) in [5.74, 6) is 1.19. The molecule has 0 saturated carbocycles. The molecule has 10 nitrogen and oxygen atoms in total. The minimum Gasteiger partial charge on any atom is -0.495 e. The molecule has 1 aliphatic rings. The third-order valence-electron chi connectivity index (χ3n) is 6.43. The standard InChI is InChI=1S/C25H30ClFN5O5PS/c1-25(2)17-13-20(21(35-4)11-15(17)9-10-32(25)3)30-24-28-14-18(26)23(31-24)29-19-8-7-16(37-39(27,33)34)12-22(19)36-38(5)6/h7-8,11-14H,9-10H2,1-6H3,(H2,28,29,30,31). The molecule has 0 atom stereocenters. The molecule has 0 bridgehead atoms. The van der Waals surface area contributed by atoms with Gasteiger partial charge in [-0.15, -0.1) is 0 Å². The molecule has 0 fully saturated rings. The molecule has 2 heterocycles. The van der Waals surface area contributed by atoms with Crippen molar-refractivity contribution in [3.05, 3.63) is 52.7 Å². The molecule has 0 saturated heterocycles. The predicted molar refractivity (Wildman–Crippen MR) is 152 cm³/mol. The highest BCUT2D eigenvalue weighted by Gasteiger charge is 2.33. The maximum absolute atomic E-state index is 13.0. The summed E-state index contributed by atoms with van der Waals surface area (Å²) in [4.78, 5) is 11.2. The van der Waals surface area contributed by atoms with E-state index >= 15 is 0 Å². The molecule has 14 heteroatoms. The molecular weight excluding hydrogens is 568 g/mol. The van der Waals surface area contributed by atoms with Gasteiger partial charge < -0.3 is 24.1 Å². The van der Waals surface area contributed by atoms with Crippen molar-refractivity contribution in [2.45, 2.75) is 25.8 Å². The summed E-state index contributed by atoms with van der Waals surface area (Å²) in [5.41, 5.74) is 3.36. The summed E-state index contributed by atoms with van der Waals surface area (Å²) >= 11 is 6.40. The number of likely N-dealkylation sites (N-methyl/N-ethyl adjacent to an activating group) is 1. The van der Waals surface area contributed by atoms with Gasteiger partial charge in [0.2, 0.25) is 5.95 Å². The minimum atomic E-state index is -5.19. The van der Waals surface area contributed by atoms with E-state index in [0.29, 0.717) is 17.1 Å². The molecule has 0 radical (unpaired) electrons. The monoisotopic (exact) mass is 597 g/mol. The number of anilines is 4. The molecule has 3 aromatic rings. The van der Waals surface area contributed by atoms with Crippen LogP contribution in [0.15, 0.2) is 36.5 Å². The Morgan fingerprint density at radius 1 is 1.13 bits per heavy atom. The molecule has 39 heavy (non-hydrogen) atoms. The zero-order valence-electron chi connectivity index (χ0n) is 22.4.